The Balaban J connectivity index is 0.000000396. The Morgan fingerprint density at radius 3 is 2.54 bits per heavy atom. The summed E-state index contributed by atoms with van der Waals surface area (Å²) in [5.41, 5.74) is -0.0671. The molecule has 8 heteroatoms. The van der Waals surface area contributed by atoms with Gasteiger partial charge in [0.2, 0.25) is 11.5 Å². The van der Waals surface area contributed by atoms with Gasteiger partial charge in [0.05, 0.1) is 0 Å². The average molecular weight is 181 g/mol. The van der Waals surface area contributed by atoms with E-state index in [1.165, 1.54) is 0 Å². The molecule has 0 atom stereocenters. The number of carboxylic acids is 1. The molecule has 0 spiro atoms. The van der Waals surface area contributed by atoms with Crippen molar-refractivity contribution >= 4 is 18.6 Å². The highest BCUT2D eigenvalue weighted by atomic mass is 16.4. The fourth-order valence-electron chi connectivity index (χ4n) is 0.711. The van der Waals surface area contributed by atoms with E-state index in [0.717, 1.165) is 0 Å². The van der Waals surface area contributed by atoms with E-state index in [1.807, 2.05) is 6.79 Å². The highest BCUT2D eigenvalue weighted by molar-refractivity contribution is 6.07. The Labute approximate surface area is 71.4 Å². The maximum absolute atomic E-state index is 10.4. The normalized spacial score (nSPS) is 16.5. The number of azo groups is 1. The molecule has 13 heavy (non-hydrogen) atoms. The van der Waals surface area contributed by atoms with Crippen molar-refractivity contribution in [3.8, 4) is 0 Å². The highest BCUT2D eigenvalue weighted by Gasteiger charge is 2.27. The number of hydrogen-bond acceptors (Lipinski definition) is 7. The van der Waals surface area contributed by atoms with Gasteiger partial charge in [0.25, 0.3) is 0 Å². The summed E-state index contributed by atoms with van der Waals surface area (Å²) >= 11 is 0. The van der Waals surface area contributed by atoms with Crippen LogP contribution in [0.3, 0.4) is 0 Å². The number of hydrogen-bond donors (Lipinski definition) is 1. The Kier molecular flexibility index (Phi) is 2.33. The van der Waals surface area contributed by atoms with Crippen molar-refractivity contribution in [1.29, 1.82) is 0 Å². The summed E-state index contributed by atoms with van der Waals surface area (Å²) in [6, 6.07) is 0. The van der Waals surface area contributed by atoms with Crippen LogP contribution in [-0.2, 0) is 9.59 Å². The summed E-state index contributed by atoms with van der Waals surface area (Å²) in [6.07, 6.45) is 0. The van der Waals surface area contributed by atoms with Crippen LogP contribution in [0.1, 0.15) is 0 Å². The number of carboxylic acid groups (broad SMARTS) is 1. The van der Waals surface area contributed by atoms with Gasteiger partial charge in [-0.1, -0.05) is 0 Å². The van der Waals surface area contributed by atoms with Gasteiger partial charge in [0, 0.05) is 0 Å². The van der Waals surface area contributed by atoms with E-state index in [4.69, 9.17) is 9.90 Å². The second-order valence-corrected chi connectivity index (χ2v) is 1.82. The summed E-state index contributed by atoms with van der Waals surface area (Å²) in [5.74, 6) is -1.00. The molecule has 0 saturated heterocycles. The van der Waals surface area contributed by atoms with Gasteiger partial charge in [-0.3, -0.25) is 0 Å². The van der Waals surface area contributed by atoms with Crippen molar-refractivity contribution in [2.24, 2.45) is 25.7 Å². The van der Waals surface area contributed by atoms with E-state index >= 15 is 0 Å². The maximum Gasteiger partial charge on any atom is 0.358 e. The summed E-state index contributed by atoms with van der Waals surface area (Å²) in [5, 5.41) is 25.4. The first-order valence-electron chi connectivity index (χ1n) is 2.96. The molecule has 0 aromatic rings. The van der Waals surface area contributed by atoms with Crippen LogP contribution in [0.2, 0.25) is 0 Å². The largest absolute Gasteiger partial charge is 0.476 e. The number of nitrogens with zero attached hydrogens (tertiary/aromatic N) is 5. The molecule has 0 saturated carbocycles. The van der Waals surface area contributed by atoms with Crippen molar-refractivity contribution < 1.29 is 14.7 Å². The lowest BCUT2D eigenvalue weighted by Gasteiger charge is -1.84. The zero-order chi connectivity index (χ0) is 9.84. The molecule has 2 heterocycles. The van der Waals surface area contributed by atoms with Crippen LogP contribution in [0.4, 0.5) is 0 Å². The first kappa shape index (κ1) is 8.84. The van der Waals surface area contributed by atoms with E-state index in [1.54, 1.807) is 0 Å². The molecular formula is C5H3N5O3. The molecule has 66 valence electrons. The highest BCUT2D eigenvalue weighted by Crippen LogP contribution is 2.23. The molecule has 0 amide bonds. The first-order chi connectivity index (χ1) is 6.29. The standard InChI is InChI=1S/C4HN5O2.CH2O/c10-4(11)2-1-3(7-5-2)8-9-6-1;1-2/h(H,10,11);1H2. The predicted octanol–water partition coefficient (Wildman–Crippen LogP) is 0.343. The molecule has 0 bridgehead atoms. The van der Waals surface area contributed by atoms with Crippen molar-refractivity contribution in [2.75, 3.05) is 0 Å². The van der Waals surface area contributed by atoms with Crippen molar-refractivity contribution in [3.63, 3.8) is 0 Å². The van der Waals surface area contributed by atoms with E-state index in [9.17, 15) is 4.79 Å². The second kappa shape index (κ2) is 3.43. The third kappa shape index (κ3) is 1.36. The number of aliphatic carboxylic acids is 1. The minimum absolute atomic E-state index is 0.137. The minimum Gasteiger partial charge on any atom is -0.476 e. The van der Waals surface area contributed by atoms with Crippen LogP contribution in [0, 0.1) is 0 Å². The molecule has 8 nitrogen and oxygen atoms in total. The molecule has 0 unspecified atom stereocenters. The molecule has 0 radical (unpaired) electrons. The molecule has 0 fully saturated rings. The minimum atomic E-state index is -1.17. The molecule has 2 aliphatic rings. The van der Waals surface area contributed by atoms with Gasteiger partial charge in [-0.15, -0.1) is 20.4 Å². The lowest BCUT2D eigenvalue weighted by molar-refractivity contribution is -0.132. The van der Waals surface area contributed by atoms with E-state index < -0.39 is 5.97 Å². The predicted molar refractivity (Wildman–Crippen MR) is 38.9 cm³/mol. The Bertz CT molecular complexity index is 366. The lowest BCUT2D eigenvalue weighted by atomic mass is 10.3. The quantitative estimate of drug-likeness (QED) is 0.628. The van der Waals surface area contributed by atoms with Gasteiger partial charge in [0.1, 0.15) is 6.79 Å². The summed E-state index contributed by atoms with van der Waals surface area (Å²) in [6.45, 7) is 2.00. The lowest BCUT2D eigenvalue weighted by Crippen LogP contribution is -1.99. The molecular weight excluding hydrogens is 178 g/mol. The molecule has 0 aromatic heterocycles. The van der Waals surface area contributed by atoms with Crippen molar-refractivity contribution in [3.05, 3.63) is 11.4 Å². The van der Waals surface area contributed by atoms with Crippen molar-refractivity contribution in [1.82, 2.24) is 0 Å². The van der Waals surface area contributed by atoms with Gasteiger partial charge in [-0.05, 0) is 5.22 Å². The van der Waals surface area contributed by atoms with Crippen LogP contribution in [0.5, 0.6) is 0 Å². The van der Waals surface area contributed by atoms with Gasteiger partial charge in [0.15, 0.2) is 5.70 Å². The zero-order valence-corrected chi connectivity index (χ0v) is 6.21. The maximum atomic E-state index is 10.4. The molecule has 2 rings (SSSR count). The van der Waals surface area contributed by atoms with Crippen molar-refractivity contribution in [2.45, 2.75) is 0 Å². The van der Waals surface area contributed by atoms with Crippen LogP contribution >= 0.6 is 0 Å². The Hall–Kier alpha value is -2.25. The summed E-state index contributed by atoms with van der Waals surface area (Å²) < 4.78 is 0. The van der Waals surface area contributed by atoms with Gasteiger partial charge in [-0.25, -0.2) is 4.79 Å². The monoisotopic (exact) mass is 181 g/mol. The summed E-state index contributed by atoms with van der Waals surface area (Å²) in [4.78, 5) is 18.4. The van der Waals surface area contributed by atoms with Crippen LogP contribution in [-0.4, -0.2) is 23.7 Å². The van der Waals surface area contributed by atoms with Crippen LogP contribution < -0.4 is 0 Å². The number of fused-ring (bicyclic) bond motifs is 1. The number of amidine groups is 1. The van der Waals surface area contributed by atoms with Gasteiger partial charge in [-0.2, -0.15) is 0 Å². The second-order valence-electron chi connectivity index (χ2n) is 1.82. The third-order valence-electron chi connectivity index (χ3n) is 1.17. The van der Waals surface area contributed by atoms with Crippen LogP contribution in [0.15, 0.2) is 37.1 Å². The number of rotatable bonds is 1. The summed E-state index contributed by atoms with van der Waals surface area (Å²) in [7, 11) is 0. The fraction of sp³-hybridized carbons (Fsp3) is 0. The third-order valence-corrected chi connectivity index (χ3v) is 1.17. The average Bonchev–Trinajstić information content (AvgIpc) is 2.66. The number of carbonyl (C=O) groups excluding carboxylic acids is 1. The van der Waals surface area contributed by atoms with Gasteiger partial charge < -0.3 is 9.90 Å². The SMILES string of the molecule is C=O.O=C(O)C1=C2N=NN=C2N=N1. The smallest absolute Gasteiger partial charge is 0.358 e. The Morgan fingerprint density at radius 1 is 1.23 bits per heavy atom. The molecule has 0 aliphatic carbocycles. The van der Waals surface area contributed by atoms with E-state index in [0.29, 0.717) is 0 Å². The number of carbonyl (C=O) groups is 2. The zero-order valence-electron chi connectivity index (χ0n) is 6.21. The molecule has 2 aliphatic heterocycles. The van der Waals surface area contributed by atoms with E-state index in [2.05, 4.69) is 25.7 Å². The van der Waals surface area contributed by atoms with Gasteiger partial charge >= 0.3 is 5.97 Å². The fourth-order valence-corrected chi connectivity index (χ4v) is 0.711. The first-order valence-corrected chi connectivity index (χ1v) is 2.96. The van der Waals surface area contributed by atoms with Crippen LogP contribution in [0.25, 0.3) is 0 Å². The topological polar surface area (TPSA) is 116 Å². The molecule has 0 aromatic carbocycles. The Morgan fingerprint density at radius 2 is 1.92 bits per heavy atom. The van der Waals surface area contributed by atoms with E-state index in [-0.39, 0.29) is 17.2 Å². The molecule has 1 N–H and O–H groups in total.